The Bertz CT molecular complexity index is 344. The minimum Gasteiger partial charge on any atom is -0.444 e. The minimum absolute atomic E-state index is 0.0255. The van der Waals surface area contributed by atoms with E-state index >= 15 is 0 Å². The monoisotopic (exact) mass is 285 g/mol. The quantitative estimate of drug-likeness (QED) is 0.817. The molecule has 1 aliphatic rings. The largest absolute Gasteiger partial charge is 0.444 e. The van der Waals surface area contributed by atoms with Gasteiger partial charge in [-0.2, -0.15) is 0 Å². The highest BCUT2D eigenvalue weighted by Crippen LogP contribution is 2.23. The summed E-state index contributed by atoms with van der Waals surface area (Å²) in [5.41, 5.74) is 4.81. The summed E-state index contributed by atoms with van der Waals surface area (Å²) in [7, 11) is 1.78. The first kappa shape index (κ1) is 16.8. The first-order chi connectivity index (χ1) is 9.23. The van der Waals surface area contributed by atoms with Crippen LogP contribution in [0.5, 0.6) is 0 Å². The molecule has 0 aliphatic heterocycles. The number of hydrogen-bond donors (Lipinski definition) is 2. The Kier molecular flexibility index (Phi) is 5.80. The van der Waals surface area contributed by atoms with Crippen molar-refractivity contribution in [1.82, 2.24) is 10.2 Å². The molecule has 0 unspecified atom stereocenters. The molecule has 20 heavy (non-hydrogen) atoms. The van der Waals surface area contributed by atoms with Crippen molar-refractivity contribution < 1.29 is 14.3 Å². The highest BCUT2D eigenvalue weighted by molar-refractivity contribution is 5.78. The molecule has 0 atom stereocenters. The van der Waals surface area contributed by atoms with Crippen molar-refractivity contribution in [2.45, 2.75) is 64.1 Å². The molecule has 6 heteroatoms. The summed E-state index contributed by atoms with van der Waals surface area (Å²) in [5.74, 6) is -0.117. The third-order valence-electron chi connectivity index (χ3n) is 3.48. The first-order valence-corrected chi connectivity index (χ1v) is 7.18. The van der Waals surface area contributed by atoms with Crippen LogP contribution in [0.1, 0.15) is 46.5 Å². The van der Waals surface area contributed by atoms with Crippen molar-refractivity contribution in [1.29, 1.82) is 0 Å². The molecule has 0 aromatic rings. The van der Waals surface area contributed by atoms with E-state index in [-0.39, 0.29) is 30.6 Å². The van der Waals surface area contributed by atoms with Crippen LogP contribution in [0.25, 0.3) is 0 Å². The van der Waals surface area contributed by atoms with E-state index in [4.69, 9.17) is 10.5 Å². The Morgan fingerprint density at radius 2 is 1.80 bits per heavy atom. The van der Waals surface area contributed by atoms with Crippen LogP contribution in [0.3, 0.4) is 0 Å². The molecule has 0 radical (unpaired) electrons. The number of rotatable bonds is 3. The molecule has 0 aromatic heterocycles. The van der Waals surface area contributed by atoms with Crippen LogP contribution >= 0.6 is 0 Å². The molecule has 3 N–H and O–H groups in total. The van der Waals surface area contributed by atoms with E-state index < -0.39 is 5.60 Å². The zero-order chi connectivity index (χ0) is 15.3. The number of nitrogens with one attached hydrogen (secondary N) is 1. The Hall–Kier alpha value is -1.30. The summed E-state index contributed by atoms with van der Waals surface area (Å²) in [5, 5.41) is 2.90. The van der Waals surface area contributed by atoms with Gasteiger partial charge in [0.2, 0.25) is 5.91 Å². The van der Waals surface area contributed by atoms with Crippen LogP contribution < -0.4 is 11.1 Å². The van der Waals surface area contributed by atoms with Crippen molar-refractivity contribution in [2.24, 2.45) is 5.73 Å². The fraction of sp³-hybridized carbons (Fsp3) is 0.857. The van der Waals surface area contributed by atoms with Crippen molar-refractivity contribution in [3.8, 4) is 0 Å². The Morgan fingerprint density at radius 1 is 1.25 bits per heavy atom. The molecular formula is C14H27N3O3. The van der Waals surface area contributed by atoms with Crippen molar-refractivity contribution >= 4 is 12.0 Å². The number of carbonyl (C=O) groups is 2. The van der Waals surface area contributed by atoms with Crippen LogP contribution in [0.2, 0.25) is 0 Å². The van der Waals surface area contributed by atoms with Gasteiger partial charge < -0.3 is 20.7 Å². The summed E-state index contributed by atoms with van der Waals surface area (Å²) >= 11 is 0. The Labute approximate surface area is 121 Å². The number of nitrogens with two attached hydrogens (primary N) is 1. The van der Waals surface area contributed by atoms with Crippen LogP contribution in [0.4, 0.5) is 4.79 Å². The molecule has 0 aromatic carbocycles. The highest BCUT2D eigenvalue weighted by atomic mass is 16.6. The summed E-state index contributed by atoms with van der Waals surface area (Å²) in [6.07, 6.45) is 3.18. The van der Waals surface area contributed by atoms with Crippen LogP contribution in [0.15, 0.2) is 0 Å². The number of carbonyl (C=O) groups excluding carboxylic acids is 2. The molecule has 0 heterocycles. The van der Waals surface area contributed by atoms with E-state index in [1.54, 1.807) is 11.9 Å². The van der Waals surface area contributed by atoms with Gasteiger partial charge in [0, 0.05) is 19.1 Å². The van der Waals surface area contributed by atoms with E-state index in [1.807, 2.05) is 20.8 Å². The Morgan fingerprint density at radius 3 is 2.25 bits per heavy atom. The van der Waals surface area contributed by atoms with Gasteiger partial charge in [-0.3, -0.25) is 4.79 Å². The SMILES string of the molecule is CN(C(=O)OC(C)(C)C)C1CCC(NC(=O)CN)CC1. The standard InChI is InChI=1S/C14H27N3O3/c1-14(2,3)20-13(19)17(4)11-7-5-10(6-8-11)16-12(18)9-15/h10-11H,5-9,15H2,1-4H3,(H,16,18). The molecule has 1 aliphatic carbocycles. The van der Waals surface area contributed by atoms with Gasteiger partial charge in [0.15, 0.2) is 0 Å². The minimum atomic E-state index is -0.475. The fourth-order valence-corrected chi connectivity index (χ4v) is 2.38. The summed E-state index contributed by atoms with van der Waals surface area (Å²) in [4.78, 5) is 24.9. The lowest BCUT2D eigenvalue weighted by Crippen LogP contribution is -2.46. The zero-order valence-corrected chi connectivity index (χ0v) is 12.9. The van der Waals surface area contributed by atoms with Crippen LogP contribution in [-0.2, 0) is 9.53 Å². The van der Waals surface area contributed by atoms with Crippen LogP contribution in [-0.4, -0.2) is 48.2 Å². The maximum absolute atomic E-state index is 12.0. The van der Waals surface area contributed by atoms with Gasteiger partial charge in [-0.15, -0.1) is 0 Å². The maximum Gasteiger partial charge on any atom is 0.410 e. The number of hydrogen-bond acceptors (Lipinski definition) is 4. The molecule has 116 valence electrons. The van der Waals surface area contributed by atoms with Gasteiger partial charge >= 0.3 is 6.09 Å². The normalized spacial score (nSPS) is 23.1. The van der Waals surface area contributed by atoms with E-state index in [2.05, 4.69) is 5.32 Å². The molecule has 1 rings (SSSR count). The van der Waals surface area contributed by atoms with Crippen molar-refractivity contribution in [3.63, 3.8) is 0 Å². The average Bonchev–Trinajstić information content (AvgIpc) is 2.36. The second kappa shape index (κ2) is 6.92. The van der Waals surface area contributed by atoms with Gasteiger partial charge in [-0.25, -0.2) is 4.79 Å². The molecular weight excluding hydrogens is 258 g/mol. The second-order valence-electron chi connectivity index (χ2n) is 6.37. The van der Waals surface area contributed by atoms with Gasteiger partial charge in [0.25, 0.3) is 0 Å². The lowest BCUT2D eigenvalue weighted by Gasteiger charge is -2.35. The van der Waals surface area contributed by atoms with E-state index in [9.17, 15) is 9.59 Å². The molecule has 0 saturated heterocycles. The molecule has 0 bridgehead atoms. The van der Waals surface area contributed by atoms with Crippen molar-refractivity contribution in [3.05, 3.63) is 0 Å². The first-order valence-electron chi connectivity index (χ1n) is 7.18. The summed E-state index contributed by atoms with van der Waals surface area (Å²) < 4.78 is 5.36. The van der Waals surface area contributed by atoms with E-state index in [0.29, 0.717) is 0 Å². The lowest BCUT2D eigenvalue weighted by molar-refractivity contribution is -0.120. The predicted octanol–water partition coefficient (Wildman–Crippen LogP) is 1.24. The molecule has 6 nitrogen and oxygen atoms in total. The highest BCUT2D eigenvalue weighted by Gasteiger charge is 2.29. The smallest absolute Gasteiger partial charge is 0.410 e. The fourth-order valence-electron chi connectivity index (χ4n) is 2.38. The van der Waals surface area contributed by atoms with Gasteiger partial charge in [0.05, 0.1) is 6.54 Å². The molecule has 1 fully saturated rings. The lowest BCUT2D eigenvalue weighted by atomic mass is 9.90. The van der Waals surface area contributed by atoms with Gasteiger partial charge in [-0.1, -0.05) is 0 Å². The molecule has 1 saturated carbocycles. The Balaban J connectivity index is 2.41. The number of amides is 2. The molecule has 0 spiro atoms. The predicted molar refractivity (Wildman–Crippen MR) is 77.2 cm³/mol. The van der Waals surface area contributed by atoms with E-state index in [1.165, 1.54) is 0 Å². The topological polar surface area (TPSA) is 84.7 Å². The summed E-state index contributed by atoms with van der Waals surface area (Å²) in [6, 6.07) is 0.352. The molecule has 2 amide bonds. The number of nitrogens with zero attached hydrogens (tertiary/aromatic N) is 1. The van der Waals surface area contributed by atoms with Crippen molar-refractivity contribution in [2.75, 3.05) is 13.6 Å². The second-order valence-corrected chi connectivity index (χ2v) is 6.37. The van der Waals surface area contributed by atoms with Gasteiger partial charge in [-0.05, 0) is 46.5 Å². The average molecular weight is 285 g/mol. The van der Waals surface area contributed by atoms with Gasteiger partial charge in [0.1, 0.15) is 5.60 Å². The van der Waals surface area contributed by atoms with Crippen LogP contribution in [0, 0.1) is 0 Å². The zero-order valence-electron chi connectivity index (χ0n) is 12.9. The summed E-state index contributed by atoms with van der Waals surface area (Å²) in [6.45, 7) is 5.60. The maximum atomic E-state index is 12.0. The van der Waals surface area contributed by atoms with E-state index in [0.717, 1.165) is 25.7 Å². The third kappa shape index (κ3) is 5.36. The third-order valence-corrected chi connectivity index (χ3v) is 3.48. The number of ether oxygens (including phenoxy) is 1.